The third kappa shape index (κ3) is 4.01. The van der Waals surface area contributed by atoms with Crippen LogP contribution >= 0.6 is 0 Å². The van der Waals surface area contributed by atoms with Crippen molar-refractivity contribution in [2.24, 2.45) is 0 Å². The standard InChI is InChI=1S/C13H15F2NO3/c1-13(2,12(18)19)16-10(17)7-6-8-4-3-5-9(14)11(8)15/h3-5H,6-7H2,1-2H3,(H,16,17)(H,18,19). The number of halogens is 2. The van der Waals surface area contributed by atoms with E-state index in [9.17, 15) is 18.4 Å². The Morgan fingerprint density at radius 1 is 1.32 bits per heavy atom. The van der Waals surface area contributed by atoms with Gasteiger partial charge in [-0.3, -0.25) is 4.79 Å². The van der Waals surface area contributed by atoms with Crippen molar-refractivity contribution in [3.05, 3.63) is 35.4 Å². The maximum absolute atomic E-state index is 13.3. The lowest BCUT2D eigenvalue weighted by Crippen LogP contribution is -2.49. The summed E-state index contributed by atoms with van der Waals surface area (Å²) in [7, 11) is 0. The van der Waals surface area contributed by atoms with Crippen LogP contribution in [-0.4, -0.2) is 22.5 Å². The maximum atomic E-state index is 13.3. The normalized spacial score (nSPS) is 11.2. The van der Waals surface area contributed by atoms with Crippen molar-refractivity contribution in [2.45, 2.75) is 32.2 Å². The van der Waals surface area contributed by atoms with E-state index in [0.717, 1.165) is 6.07 Å². The van der Waals surface area contributed by atoms with E-state index in [1.807, 2.05) is 0 Å². The number of carboxylic acids is 1. The number of benzene rings is 1. The molecule has 0 aliphatic rings. The molecule has 1 amide bonds. The van der Waals surface area contributed by atoms with Gasteiger partial charge in [0.25, 0.3) is 0 Å². The predicted molar refractivity (Wildman–Crippen MR) is 64.5 cm³/mol. The molecule has 4 nitrogen and oxygen atoms in total. The smallest absolute Gasteiger partial charge is 0.328 e. The van der Waals surface area contributed by atoms with Crippen LogP contribution in [0, 0.1) is 11.6 Å². The molecule has 19 heavy (non-hydrogen) atoms. The summed E-state index contributed by atoms with van der Waals surface area (Å²) in [5, 5.41) is 11.1. The van der Waals surface area contributed by atoms with Crippen LogP contribution in [-0.2, 0) is 16.0 Å². The van der Waals surface area contributed by atoms with Crippen LogP contribution < -0.4 is 5.32 Å². The lowest BCUT2D eigenvalue weighted by molar-refractivity contribution is -0.146. The second-order valence-electron chi connectivity index (χ2n) is 4.69. The number of rotatable bonds is 5. The van der Waals surface area contributed by atoms with E-state index in [0.29, 0.717) is 0 Å². The highest BCUT2D eigenvalue weighted by Gasteiger charge is 2.28. The number of hydrogen-bond donors (Lipinski definition) is 2. The third-order valence-electron chi connectivity index (χ3n) is 2.64. The SMILES string of the molecule is CC(C)(NC(=O)CCc1cccc(F)c1F)C(=O)O. The molecule has 0 unspecified atom stereocenters. The van der Waals surface area contributed by atoms with E-state index in [2.05, 4.69) is 5.32 Å². The van der Waals surface area contributed by atoms with Gasteiger partial charge in [0.15, 0.2) is 11.6 Å². The Balaban J connectivity index is 2.60. The second-order valence-corrected chi connectivity index (χ2v) is 4.69. The zero-order chi connectivity index (χ0) is 14.6. The Labute approximate surface area is 109 Å². The first kappa shape index (κ1) is 15.1. The fourth-order valence-corrected chi connectivity index (χ4v) is 1.45. The van der Waals surface area contributed by atoms with Gasteiger partial charge in [-0.2, -0.15) is 0 Å². The topological polar surface area (TPSA) is 66.4 Å². The van der Waals surface area contributed by atoms with Crippen LogP contribution in [0.25, 0.3) is 0 Å². The molecule has 0 saturated heterocycles. The quantitative estimate of drug-likeness (QED) is 0.859. The Kier molecular flexibility index (Phi) is 4.58. The molecule has 1 aromatic rings. The van der Waals surface area contributed by atoms with Gasteiger partial charge in [0.05, 0.1) is 0 Å². The summed E-state index contributed by atoms with van der Waals surface area (Å²) < 4.78 is 26.2. The van der Waals surface area contributed by atoms with Gasteiger partial charge in [0.2, 0.25) is 5.91 Å². The Morgan fingerprint density at radius 2 is 1.95 bits per heavy atom. The maximum Gasteiger partial charge on any atom is 0.328 e. The number of nitrogens with one attached hydrogen (secondary N) is 1. The van der Waals surface area contributed by atoms with Gasteiger partial charge in [-0.15, -0.1) is 0 Å². The molecule has 0 aromatic heterocycles. The number of aliphatic carboxylic acids is 1. The predicted octanol–water partition coefficient (Wildman–Crippen LogP) is 1.88. The van der Waals surface area contributed by atoms with E-state index in [1.54, 1.807) is 0 Å². The average Bonchev–Trinajstić information content (AvgIpc) is 2.30. The number of aryl methyl sites for hydroxylation is 1. The minimum Gasteiger partial charge on any atom is -0.480 e. The molecule has 0 heterocycles. The molecular formula is C13H15F2NO3. The summed E-state index contributed by atoms with van der Waals surface area (Å²) in [5.74, 6) is -3.65. The number of amides is 1. The zero-order valence-corrected chi connectivity index (χ0v) is 10.7. The largest absolute Gasteiger partial charge is 0.480 e. The summed E-state index contributed by atoms with van der Waals surface area (Å²) in [6, 6.07) is 3.73. The van der Waals surface area contributed by atoms with Crippen molar-refractivity contribution in [1.29, 1.82) is 0 Å². The highest BCUT2D eigenvalue weighted by molar-refractivity contribution is 5.86. The molecule has 0 spiro atoms. The lowest BCUT2D eigenvalue weighted by Gasteiger charge is -2.20. The van der Waals surface area contributed by atoms with Gasteiger partial charge < -0.3 is 10.4 Å². The van der Waals surface area contributed by atoms with Crippen LogP contribution in [0.4, 0.5) is 8.78 Å². The fourth-order valence-electron chi connectivity index (χ4n) is 1.45. The van der Waals surface area contributed by atoms with E-state index < -0.39 is 29.0 Å². The molecule has 0 radical (unpaired) electrons. The summed E-state index contributed by atoms with van der Waals surface area (Å²) >= 11 is 0. The molecule has 2 N–H and O–H groups in total. The molecule has 0 aliphatic carbocycles. The van der Waals surface area contributed by atoms with Gasteiger partial charge in [0, 0.05) is 6.42 Å². The second kappa shape index (κ2) is 5.77. The molecule has 0 fully saturated rings. The van der Waals surface area contributed by atoms with Gasteiger partial charge in [-0.25, -0.2) is 13.6 Å². The number of hydrogen-bond acceptors (Lipinski definition) is 2. The molecule has 1 aromatic carbocycles. The highest BCUT2D eigenvalue weighted by atomic mass is 19.2. The minimum absolute atomic E-state index is 0.00509. The lowest BCUT2D eigenvalue weighted by atomic mass is 10.0. The van der Waals surface area contributed by atoms with Crippen molar-refractivity contribution < 1.29 is 23.5 Å². The molecule has 0 atom stereocenters. The molecule has 0 saturated carbocycles. The van der Waals surface area contributed by atoms with Gasteiger partial charge in [-0.1, -0.05) is 12.1 Å². The molecule has 104 valence electrons. The van der Waals surface area contributed by atoms with Crippen LogP contribution in [0.3, 0.4) is 0 Å². The average molecular weight is 271 g/mol. The van der Waals surface area contributed by atoms with E-state index in [1.165, 1.54) is 26.0 Å². The van der Waals surface area contributed by atoms with Crippen molar-refractivity contribution in [2.75, 3.05) is 0 Å². The Bertz CT molecular complexity index is 501. The minimum atomic E-state index is -1.39. The van der Waals surface area contributed by atoms with Gasteiger partial charge in [0.1, 0.15) is 5.54 Å². The van der Waals surface area contributed by atoms with E-state index >= 15 is 0 Å². The molecular weight excluding hydrogens is 256 g/mol. The first-order valence-electron chi connectivity index (χ1n) is 5.71. The first-order valence-corrected chi connectivity index (χ1v) is 5.71. The first-order chi connectivity index (χ1) is 8.74. The van der Waals surface area contributed by atoms with Crippen molar-refractivity contribution in [3.8, 4) is 0 Å². The summed E-state index contributed by atoms with van der Waals surface area (Å²) in [6.07, 6.45) is -0.109. The van der Waals surface area contributed by atoms with E-state index in [-0.39, 0.29) is 18.4 Å². The van der Waals surface area contributed by atoms with Crippen molar-refractivity contribution in [3.63, 3.8) is 0 Å². The van der Waals surface area contributed by atoms with Crippen LogP contribution in [0.2, 0.25) is 0 Å². The molecule has 0 bridgehead atoms. The molecule has 6 heteroatoms. The summed E-state index contributed by atoms with van der Waals surface area (Å²) in [6.45, 7) is 2.69. The zero-order valence-electron chi connectivity index (χ0n) is 10.7. The number of carbonyl (C=O) groups excluding carboxylic acids is 1. The van der Waals surface area contributed by atoms with Gasteiger partial charge >= 0.3 is 5.97 Å². The number of carbonyl (C=O) groups is 2. The Morgan fingerprint density at radius 3 is 2.53 bits per heavy atom. The third-order valence-corrected chi connectivity index (χ3v) is 2.64. The number of carboxylic acid groups (broad SMARTS) is 1. The fraction of sp³-hybridized carbons (Fsp3) is 0.385. The monoisotopic (exact) mass is 271 g/mol. The van der Waals surface area contributed by atoms with E-state index in [4.69, 9.17) is 5.11 Å². The highest BCUT2D eigenvalue weighted by Crippen LogP contribution is 2.13. The summed E-state index contributed by atoms with van der Waals surface area (Å²) in [5.41, 5.74) is -1.30. The Hall–Kier alpha value is -1.98. The molecule has 1 rings (SSSR count). The molecule has 0 aliphatic heterocycles. The van der Waals surface area contributed by atoms with Crippen LogP contribution in [0.15, 0.2) is 18.2 Å². The van der Waals surface area contributed by atoms with Crippen LogP contribution in [0.5, 0.6) is 0 Å². The summed E-state index contributed by atoms with van der Waals surface area (Å²) in [4.78, 5) is 22.3. The van der Waals surface area contributed by atoms with Crippen molar-refractivity contribution in [1.82, 2.24) is 5.32 Å². The van der Waals surface area contributed by atoms with Crippen molar-refractivity contribution >= 4 is 11.9 Å². The van der Waals surface area contributed by atoms with Gasteiger partial charge in [-0.05, 0) is 31.9 Å². The van der Waals surface area contributed by atoms with Crippen LogP contribution in [0.1, 0.15) is 25.8 Å².